The van der Waals surface area contributed by atoms with Crippen molar-refractivity contribution in [3.05, 3.63) is 69.7 Å². The van der Waals surface area contributed by atoms with Crippen molar-refractivity contribution < 1.29 is 22.0 Å². The third-order valence-corrected chi connectivity index (χ3v) is 4.96. The zero-order valence-electron chi connectivity index (χ0n) is 14.3. The highest BCUT2D eigenvalue weighted by Crippen LogP contribution is 2.39. The lowest BCUT2D eigenvalue weighted by atomic mass is 9.94. The maximum atomic E-state index is 14.6. The van der Waals surface area contributed by atoms with Crippen LogP contribution in [0.15, 0.2) is 36.4 Å². The van der Waals surface area contributed by atoms with E-state index in [1.54, 1.807) is 0 Å². The van der Waals surface area contributed by atoms with Crippen LogP contribution < -0.4 is 5.32 Å². The number of benzene rings is 2. The average molecular weight is 405 g/mol. The van der Waals surface area contributed by atoms with E-state index in [9.17, 15) is 22.0 Å². The summed E-state index contributed by atoms with van der Waals surface area (Å²) in [6.45, 7) is 2.40. The first-order chi connectivity index (χ1) is 12.8. The minimum absolute atomic E-state index is 0.0968. The van der Waals surface area contributed by atoms with Crippen molar-refractivity contribution in [2.75, 3.05) is 26.2 Å². The van der Waals surface area contributed by atoms with Gasteiger partial charge in [0.2, 0.25) is 0 Å². The summed E-state index contributed by atoms with van der Waals surface area (Å²) < 4.78 is 67.6. The first-order valence-corrected chi connectivity index (χ1v) is 8.91. The molecule has 1 aliphatic rings. The van der Waals surface area contributed by atoms with Crippen molar-refractivity contribution in [3.8, 4) is 0 Å². The second kappa shape index (κ2) is 8.12. The molecule has 2 aromatic carbocycles. The van der Waals surface area contributed by atoms with Crippen LogP contribution in [-0.4, -0.2) is 31.1 Å². The second-order valence-corrected chi connectivity index (χ2v) is 6.85. The van der Waals surface area contributed by atoms with E-state index in [-0.39, 0.29) is 16.1 Å². The number of rotatable bonds is 3. The maximum Gasteiger partial charge on any atom is 0.416 e. The zero-order chi connectivity index (χ0) is 19.6. The van der Waals surface area contributed by atoms with Crippen LogP contribution in [0.3, 0.4) is 0 Å². The average Bonchev–Trinajstić information content (AvgIpc) is 2.87. The predicted octanol–water partition coefficient (Wildman–Crippen LogP) is 5.02. The molecule has 1 saturated heterocycles. The van der Waals surface area contributed by atoms with E-state index in [0.717, 1.165) is 37.2 Å². The molecule has 8 heteroatoms. The molecule has 0 aliphatic carbocycles. The molecule has 1 fully saturated rings. The smallest absolute Gasteiger partial charge is 0.315 e. The molecule has 0 bridgehead atoms. The van der Waals surface area contributed by atoms with Gasteiger partial charge in [-0.2, -0.15) is 13.2 Å². The molecule has 0 spiro atoms. The highest BCUT2D eigenvalue weighted by Gasteiger charge is 2.34. The van der Waals surface area contributed by atoms with Crippen LogP contribution in [0.5, 0.6) is 0 Å². The van der Waals surface area contributed by atoms with E-state index in [1.165, 1.54) is 12.1 Å². The highest BCUT2D eigenvalue weighted by molar-refractivity contribution is 6.31. The Bertz CT molecular complexity index is 801. The summed E-state index contributed by atoms with van der Waals surface area (Å²) in [4.78, 5) is 1.87. The molecular formula is C19H18ClF5N2. The molecule has 2 aromatic rings. The topological polar surface area (TPSA) is 15.3 Å². The lowest BCUT2D eigenvalue weighted by molar-refractivity contribution is -0.137. The van der Waals surface area contributed by atoms with Gasteiger partial charge in [0.25, 0.3) is 0 Å². The lowest BCUT2D eigenvalue weighted by Gasteiger charge is -2.32. The van der Waals surface area contributed by atoms with Gasteiger partial charge in [0, 0.05) is 36.3 Å². The first-order valence-electron chi connectivity index (χ1n) is 8.54. The number of hydrogen-bond donors (Lipinski definition) is 1. The standard InChI is InChI=1S/C19H18ClF5N2/c20-16-5-2-12(19(23,24)25)10-15(16)18(27-8-1-6-26-7-9-27)14-4-3-13(21)11-17(14)22/h2-5,10-11,18,26H,1,6-9H2. The third-order valence-electron chi connectivity index (χ3n) is 4.61. The number of nitrogens with zero attached hydrogens (tertiary/aromatic N) is 1. The quantitative estimate of drug-likeness (QED) is 0.722. The molecule has 0 amide bonds. The fraction of sp³-hybridized carbons (Fsp3) is 0.368. The summed E-state index contributed by atoms with van der Waals surface area (Å²) in [6.07, 6.45) is -3.80. The van der Waals surface area contributed by atoms with Gasteiger partial charge in [-0.25, -0.2) is 8.78 Å². The van der Waals surface area contributed by atoms with Crippen LogP contribution in [-0.2, 0) is 6.18 Å². The molecule has 146 valence electrons. The van der Waals surface area contributed by atoms with Crippen molar-refractivity contribution in [1.29, 1.82) is 0 Å². The first kappa shape index (κ1) is 20.0. The van der Waals surface area contributed by atoms with E-state index in [1.807, 2.05) is 4.90 Å². The van der Waals surface area contributed by atoms with Crippen LogP contribution >= 0.6 is 11.6 Å². The predicted molar refractivity (Wildman–Crippen MR) is 93.7 cm³/mol. The Hall–Kier alpha value is -1.70. The number of hydrogen-bond acceptors (Lipinski definition) is 2. The second-order valence-electron chi connectivity index (χ2n) is 6.44. The summed E-state index contributed by atoms with van der Waals surface area (Å²) in [5, 5.41) is 3.31. The number of nitrogens with one attached hydrogen (secondary N) is 1. The molecular weight excluding hydrogens is 387 g/mol. The largest absolute Gasteiger partial charge is 0.416 e. The summed E-state index contributed by atoms with van der Waals surface area (Å²) in [5.74, 6) is -1.56. The summed E-state index contributed by atoms with van der Waals surface area (Å²) in [5.41, 5.74) is -0.610. The maximum absolute atomic E-state index is 14.6. The van der Waals surface area contributed by atoms with Crippen LogP contribution in [0.4, 0.5) is 22.0 Å². The van der Waals surface area contributed by atoms with Crippen molar-refractivity contribution >= 4 is 11.6 Å². The Labute approximate surface area is 158 Å². The van der Waals surface area contributed by atoms with Gasteiger partial charge in [-0.05, 0) is 42.8 Å². The SMILES string of the molecule is Fc1ccc(C(c2cc(C(F)(F)F)ccc2Cl)N2CCCNCC2)c(F)c1. The van der Waals surface area contributed by atoms with Gasteiger partial charge in [-0.1, -0.05) is 17.7 Å². The molecule has 0 aromatic heterocycles. The van der Waals surface area contributed by atoms with Gasteiger partial charge in [0.15, 0.2) is 0 Å². The van der Waals surface area contributed by atoms with Gasteiger partial charge in [0.1, 0.15) is 11.6 Å². The third kappa shape index (κ3) is 4.59. The van der Waals surface area contributed by atoms with E-state index in [0.29, 0.717) is 19.6 Å². The molecule has 1 aliphatic heterocycles. The molecule has 1 heterocycles. The summed E-state index contributed by atoms with van der Waals surface area (Å²) in [7, 11) is 0. The Morgan fingerprint density at radius 1 is 0.963 bits per heavy atom. The van der Waals surface area contributed by atoms with Gasteiger partial charge < -0.3 is 5.32 Å². The fourth-order valence-electron chi connectivity index (χ4n) is 3.34. The monoisotopic (exact) mass is 404 g/mol. The van der Waals surface area contributed by atoms with Crippen molar-refractivity contribution in [2.45, 2.75) is 18.6 Å². The van der Waals surface area contributed by atoms with Crippen LogP contribution in [0.1, 0.15) is 29.2 Å². The normalized spacial score (nSPS) is 17.6. The van der Waals surface area contributed by atoms with E-state index in [2.05, 4.69) is 5.32 Å². The van der Waals surface area contributed by atoms with Crippen molar-refractivity contribution in [1.82, 2.24) is 10.2 Å². The highest BCUT2D eigenvalue weighted by atomic mass is 35.5. The minimum atomic E-state index is -4.55. The molecule has 1 N–H and O–H groups in total. The molecule has 2 nitrogen and oxygen atoms in total. The van der Waals surface area contributed by atoms with Crippen LogP contribution in [0, 0.1) is 11.6 Å². The minimum Gasteiger partial charge on any atom is -0.315 e. The molecule has 0 radical (unpaired) electrons. The van der Waals surface area contributed by atoms with Crippen LogP contribution in [0.2, 0.25) is 5.02 Å². The van der Waals surface area contributed by atoms with Gasteiger partial charge >= 0.3 is 6.18 Å². The Balaban J connectivity index is 2.14. The van der Waals surface area contributed by atoms with E-state index < -0.39 is 29.4 Å². The molecule has 0 saturated carbocycles. The molecule has 27 heavy (non-hydrogen) atoms. The molecule has 1 unspecified atom stereocenters. The lowest BCUT2D eigenvalue weighted by Crippen LogP contribution is -2.34. The summed E-state index contributed by atoms with van der Waals surface area (Å²) >= 11 is 6.23. The van der Waals surface area contributed by atoms with E-state index in [4.69, 9.17) is 11.6 Å². The summed E-state index contributed by atoms with van der Waals surface area (Å²) in [6, 6.07) is 5.28. The Kier molecular flexibility index (Phi) is 6.03. The van der Waals surface area contributed by atoms with Crippen molar-refractivity contribution in [3.63, 3.8) is 0 Å². The van der Waals surface area contributed by atoms with Crippen molar-refractivity contribution in [2.24, 2.45) is 0 Å². The number of alkyl halides is 3. The van der Waals surface area contributed by atoms with Crippen LogP contribution in [0.25, 0.3) is 0 Å². The Morgan fingerprint density at radius 3 is 2.44 bits per heavy atom. The number of halogens is 6. The van der Waals surface area contributed by atoms with E-state index >= 15 is 0 Å². The zero-order valence-corrected chi connectivity index (χ0v) is 15.0. The fourth-order valence-corrected chi connectivity index (χ4v) is 3.56. The molecule has 1 atom stereocenters. The van der Waals surface area contributed by atoms with Gasteiger partial charge in [-0.3, -0.25) is 4.90 Å². The van der Waals surface area contributed by atoms with Gasteiger partial charge in [-0.15, -0.1) is 0 Å². The molecule has 3 rings (SSSR count). The van der Waals surface area contributed by atoms with Gasteiger partial charge in [0.05, 0.1) is 11.6 Å². The Morgan fingerprint density at radius 2 is 1.74 bits per heavy atom.